The quantitative estimate of drug-likeness (QED) is 0.0168. The molecule has 0 saturated heterocycles. The van der Waals surface area contributed by atoms with Crippen molar-refractivity contribution >= 4 is 103 Å². The van der Waals surface area contributed by atoms with E-state index >= 15 is 0 Å². The zero-order chi connectivity index (χ0) is 62.7. The molecule has 0 aromatic carbocycles. The second-order valence-corrected chi connectivity index (χ2v) is 18.0. The Labute approximate surface area is 1800 Å². The molecule has 0 bridgehead atoms. The molecule has 14 N–H and O–H groups in total. The van der Waals surface area contributed by atoms with Gasteiger partial charge in [-0.05, 0) is 42.7 Å². The Hall–Kier alpha value is 33.4. The molecule has 9 aromatic rings. The molecule has 54 radical (unpaired) electrons. The number of thiocarbonyl (C=S) groups is 1. The maximum Gasteiger partial charge on any atom is 0.163 e. The van der Waals surface area contributed by atoms with E-state index in [0.717, 1.165) is 78.2 Å². The van der Waals surface area contributed by atoms with Crippen molar-refractivity contribution in [2.75, 3.05) is 17.7 Å². The number of hydrazone groups is 1. The van der Waals surface area contributed by atoms with E-state index in [-0.39, 0.29) is 1380 Å². The van der Waals surface area contributed by atoms with E-state index in [1.165, 1.54) is 22.6 Å². The van der Waals surface area contributed by atoms with Gasteiger partial charge in [0.25, 0.3) is 0 Å². The Morgan fingerprint density at radius 3 is 1.04 bits per heavy atom. The Balaban J connectivity index is -0.0000000117. The molecule has 2 aliphatic heterocycles. The number of hydrogen-bond acceptors (Lipinski definition) is 22. The van der Waals surface area contributed by atoms with Crippen LogP contribution < -0.4 is 39.0 Å². The first-order valence-electron chi connectivity index (χ1n) is 23.7. The summed E-state index contributed by atoms with van der Waals surface area (Å²) in [5.74, 6) is 14.3. The van der Waals surface area contributed by atoms with E-state index in [1.807, 2.05) is 34.0 Å². The minimum absolute atomic E-state index is 0. The van der Waals surface area contributed by atoms with Crippen molar-refractivity contribution in [3.05, 3.63) is 196 Å². The van der Waals surface area contributed by atoms with Crippen LogP contribution >= 0.6 is 24.0 Å². The fourth-order valence-corrected chi connectivity index (χ4v) is 6.99. The predicted octanol–water partition coefficient (Wildman–Crippen LogP) is 7.44. The molecule has 29 nitrogen and oxygen atoms in total. The number of rotatable bonds is 3. The molecule has 11 heterocycles. The first-order valence-corrected chi connectivity index (χ1v) is 25.3. The first kappa shape index (κ1) is 356. The summed E-state index contributed by atoms with van der Waals surface area (Å²) in [6.45, 7) is 35.2. The van der Waals surface area contributed by atoms with Crippen molar-refractivity contribution in [1.29, 1.82) is 5.26 Å². The number of fused-ring (bicyclic) bond motifs is 4. The monoisotopic (exact) mass is 4860 g/mol. The van der Waals surface area contributed by atoms with Gasteiger partial charge in [0.15, 0.2) is 5.69 Å². The molecule has 0 fully saturated rings. The zero-order valence-electron chi connectivity index (χ0n) is 74.4. The maximum absolute atomic E-state index is 10.3. The van der Waals surface area contributed by atoms with Gasteiger partial charge in [-0.15, -0.1) is 52.5 Å². The van der Waals surface area contributed by atoms with E-state index in [4.69, 9.17) is 46.3 Å². The number of hydrazine groups is 1. The smallest absolute Gasteiger partial charge is 0.163 e. The van der Waals surface area contributed by atoms with Crippen LogP contribution in [0.1, 0.15) is 93.0 Å². The number of aryl methyl sites for hydroxylation is 6. The van der Waals surface area contributed by atoms with Crippen LogP contribution in [-0.4, -0.2) is 88.3 Å². The Kier molecular flexibility index (Phi) is 539. The summed E-state index contributed by atoms with van der Waals surface area (Å²) in [6.07, 6.45) is 25.6. The van der Waals surface area contributed by atoms with Gasteiger partial charge in [-0.3, -0.25) is 27.5 Å². The van der Waals surface area contributed by atoms with Crippen molar-refractivity contribution in [2.24, 2.45) is 27.6 Å². The average molecular weight is 4860 g/mol. The SMILES string of the molecule is C.C[C-]=NC#N.NN.O.[CH2-]c1c(C)n[c-]c(N)c1[NH-].[CH2-]c1c(C)n[c-]c([N+](=O)[O-])c1[NH-].[CH2-]c1c(C)n[c-]c2c1[N-]/C(=N\N)C2.[CH2-]c1c(C)n[c-]c2c1[N-]C(=S)C2.[CH2-]c1c(C)n[c-]c2nc(-n3n[c-]nc3N)[n-]c12.[CH2-]c1c(C)n[c-]c2nc(SC)[n-]c12.[V].[V].[V].[V].[V].[V].[V].[V].[V].[V].[V].[V].[V].[V].[V].[V].[V].[V].[V].[V].[V].[V].[V].[V].[V].[V].[V].[V].[V].[V].[Y].[Y].[Y].[Y].[Y].[Y].[Y].[Y].[Y].[Y].[Y].[Y].[Y].[Y].[Y].[Y].[Y].[Y].[Y].[Y].[Y].[Y].[Y].[Y]. The van der Waals surface area contributed by atoms with Gasteiger partial charge in [0, 0.05) is 1360 Å². The van der Waals surface area contributed by atoms with Crippen LogP contribution in [0.4, 0.5) is 40.1 Å². The number of nitriles is 1. The number of imidazole rings is 2. The number of nitrogens with two attached hydrogens (primary N) is 5. The molecule has 0 spiro atoms. The van der Waals surface area contributed by atoms with Gasteiger partial charge in [-0.25, -0.2) is 5.69 Å². The number of anilines is 2. The van der Waals surface area contributed by atoms with E-state index < -0.39 is 10.6 Å². The number of thioether (sulfide) groups is 1. The van der Waals surface area contributed by atoms with Crippen LogP contribution in [0.3, 0.4) is 0 Å². The van der Waals surface area contributed by atoms with Crippen LogP contribution in [0, 0.1) is 148 Å². The Bertz CT molecular complexity index is 4060. The van der Waals surface area contributed by atoms with Crippen LogP contribution in [0.5, 0.6) is 0 Å². The van der Waals surface area contributed by atoms with E-state index in [0.29, 0.717) is 63.1 Å². The van der Waals surface area contributed by atoms with Crippen LogP contribution in [-0.2, 0) is 1350 Å². The number of aromatic nitrogens is 13. The summed E-state index contributed by atoms with van der Waals surface area (Å²) < 4.78 is 1.29. The van der Waals surface area contributed by atoms with Gasteiger partial charge in [-0.2, -0.15) is 104 Å². The average Bonchev–Trinajstić information content (AvgIpc) is 1.65. The molecular weight excluding hydrogens is 4800 g/mol. The van der Waals surface area contributed by atoms with Gasteiger partial charge in [0.05, 0.1) is 0 Å². The minimum atomic E-state index is -0.691. The fraction of sp³-hybridized carbons (Fsp3) is 0.200. The van der Waals surface area contributed by atoms with Crippen LogP contribution in [0.15, 0.2) is 15.3 Å². The Morgan fingerprint density at radius 2 is 0.743 bits per heavy atom. The number of hydrogen-bond donors (Lipinski definition) is 5. The van der Waals surface area contributed by atoms with Gasteiger partial charge in [0.1, 0.15) is 0 Å². The number of pyridine rings is 6. The summed E-state index contributed by atoms with van der Waals surface area (Å²) in [6, 6.07) is 0. The van der Waals surface area contributed by atoms with Gasteiger partial charge in [0.2, 0.25) is 0 Å². The Morgan fingerprint density at radius 1 is 0.457 bits per heavy atom. The molecular formula is C55H58N26O3S2V30Y24-20. The molecule has 0 atom stereocenters. The normalized spacial score (nSPS) is 7.04. The maximum atomic E-state index is 10.3. The molecule has 2 aliphatic rings. The van der Waals surface area contributed by atoms with Gasteiger partial charge in [-0.1, -0.05) is 131 Å². The standard InChI is InChI=1S/C10H7N7.C9H9N4.C9H8N3S.C9H8N2S.C7H6N3O2.C7H8N3.C3H3N2.CH4.H4N2.H2O.30V.24Y/c1-5-6(2)12-3-7-8(5)16-10(15-7)17-9(11)13-4-14-17;1-5-6(2)11-4-7-3-8(13-10)12-9(5)7;1-5-6(2)10-4-7-8(5)12-9(11-7)13-3;1-5-6(2)10-4-7-3-8(12)11-9(5)7;1-4-5(2)9-3-6(7(4)8)10(11)12;1-4-5(2)10-3-6(8)7(4)9;1-2-5-3-4;;1-2;;;;;;;;;;;;;;;;;;;;;;;;;;;;;;;;;;;;;;;;;;;;;;;;;;;;;;;/h1H2,2H3,(H2-,11,13,14,15,16);1,3,10H2,2H3;1H2,2-3H3;1,3H2,2H3,(H,10,11,12);1H2,2H3,(H-,8,9);1,8H2,2H3,(H-,9,10);1H3;1H4;1-2H2;1H2;;;;;;;;;;;;;;;;;;;;;;;;;;;;;;;;;;;;;;;;;;;;;;;;;;;;;;/q-4;2*-3;-2;2*-3;-1;;;;;;;;;;;;;;;;;;;;;;;;;;;;;;;;;;;;;;;;;;;;;;;;;;;;;;;;;/p-1. The van der Waals surface area contributed by atoms with Crippen molar-refractivity contribution in [3.8, 4) is 12.1 Å². The number of nitrogens with zero attached hydrogens (tertiary/aromatic N) is 19. The number of nitrogen functional groups attached to an aromatic ring is 2. The first-order chi connectivity index (χ1) is 39.9. The molecule has 0 aliphatic carbocycles. The number of nitrogens with one attached hydrogen (secondary N) is 2. The third-order valence-corrected chi connectivity index (χ3v) is 12.1. The van der Waals surface area contributed by atoms with Crippen LogP contribution in [0.25, 0.3) is 50.1 Å². The molecule has 9 aromatic heterocycles. The number of nitro groups is 1. The van der Waals surface area contributed by atoms with E-state index in [9.17, 15) is 10.1 Å². The number of aliphatic imine (C=N–C) groups is 1. The summed E-state index contributed by atoms with van der Waals surface area (Å²) in [4.78, 5) is 57.7. The summed E-state index contributed by atoms with van der Waals surface area (Å²) >= 11 is 6.50. The largest absolute Gasteiger partial charge is 0.756 e. The predicted molar refractivity (Wildman–Crippen MR) is 335 cm³/mol. The van der Waals surface area contributed by atoms with Crippen LogP contribution in [0.2, 0.25) is 0 Å². The molecule has 0 amide bonds. The third-order valence-electron chi connectivity index (χ3n) is 11.3. The van der Waals surface area contributed by atoms with E-state index in [2.05, 4.69) is 184 Å². The molecule has 11 rings (SSSR count). The minimum Gasteiger partial charge on any atom is -0.756 e. The second-order valence-electron chi connectivity index (χ2n) is 16.7. The van der Waals surface area contributed by atoms with Crippen molar-refractivity contribution < 1.29 is 1350 Å². The van der Waals surface area contributed by atoms with Gasteiger partial charge >= 0.3 is 0 Å². The molecule has 0 saturated carbocycles. The number of amidine groups is 1. The van der Waals surface area contributed by atoms with Crippen molar-refractivity contribution in [3.63, 3.8) is 0 Å². The van der Waals surface area contributed by atoms with E-state index in [1.54, 1.807) is 20.8 Å². The molecule has 140 heavy (non-hydrogen) atoms. The third kappa shape index (κ3) is 136. The topological polar surface area (TPSA) is 491 Å². The summed E-state index contributed by atoms with van der Waals surface area (Å²) in [5, 5.41) is 34.4. The van der Waals surface area contributed by atoms with Crippen molar-refractivity contribution in [1.82, 2.24) is 64.6 Å². The second kappa shape index (κ2) is 212. The summed E-state index contributed by atoms with van der Waals surface area (Å²) in [5.41, 5.74) is 40.4. The van der Waals surface area contributed by atoms with Gasteiger partial charge < -0.3 is 125 Å². The fourth-order valence-electron chi connectivity index (χ4n) is 6.39. The molecule has 680 valence electrons. The molecule has 85 heteroatoms. The zero-order valence-corrected chi connectivity index (χ0v) is 186. The molecule has 0 unspecified atom stereocenters. The summed E-state index contributed by atoms with van der Waals surface area (Å²) in [7, 11) is 0. The van der Waals surface area contributed by atoms with Crippen molar-refractivity contribution in [2.45, 2.75) is 73.9 Å².